The maximum absolute atomic E-state index is 12.2. The highest BCUT2D eigenvalue weighted by molar-refractivity contribution is 7.18. The van der Waals surface area contributed by atoms with Crippen LogP contribution in [-0.4, -0.2) is 41.0 Å². The van der Waals surface area contributed by atoms with Gasteiger partial charge in [-0.25, -0.2) is 0 Å². The van der Waals surface area contributed by atoms with E-state index in [-0.39, 0.29) is 24.5 Å². The second-order valence-corrected chi connectivity index (χ2v) is 5.41. The number of hydrogen-bond donors (Lipinski definition) is 2. The topological polar surface area (TPSA) is 69.6 Å². The highest BCUT2D eigenvalue weighted by Crippen LogP contribution is 2.26. The summed E-state index contributed by atoms with van der Waals surface area (Å²) in [6, 6.07) is 3.37. The van der Waals surface area contributed by atoms with E-state index in [0.29, 0.717) is 16.4 Å². The summed E-state index contributed by atoms with van der Waals surface area (Å²) in [7, 11) is 0. The van der Waals surface area contributed by atoms with Gasteiger partial charge in [0.15, 0.2) is 0 Å². The van der Waals surface area contributed by atoms with Crippen LogP contribution in [0.3, 0.4) is 0 Å². The molecule has 0 aromatic carbocycles. The van der Waals surface area contributed by atoms with Crippen molar-refractivity contribution in [3.63, 3.8) is 0 Å². The zero-order valence-corrected chi connectivity index (χ0v) is 11.0. The lowest BCUT2D eigenvalue weighted by atomic mass is 10.2. The van der Waals surface area contributed by atoms with Crippen LogP contribution in [0.5, 0.6) is 0 Å². The summed E-state index contributed by atoms with van der Waals surface area (Å²) in [5.41, 5.74) is 0. The van der Waals surface area contributed by atoms with E-state index in [1.807, 2.05) is 0 Å². The van der Waals surface area contributed by atoms with Crippen molar-refractivity contribution in [2.45, 2.75) is 25.8 Å². The predicted molar refractivity (Wildman–Crippen MR) is 69.8 cm³/mol. The van der Waals surface area contributed by atoms with Gasteiger partial charge in [0.1, 0.15) is 0 Å². The molecule has 18 heavy (non-hydrogen) atoms. The number of amides is 2. The summed E-state index contributed by atoms with van der Waals surface area (Å²) in [6.07, 6.45) is 1.78. The Hall–Kier alpha value is -1.40. The van der Waals surface area contributed by atoms with E-state index in [4.69, 9.17) is 0 Å². The predicted octanol–water partition coefficient (Wildman–Crippen LogP) is 1.30. The Morgan fingerprint density at radius 1 is 1.56 bits per heavy atom. The first kappa shape index (κ1) is 13.0. The highest BCUT2D eigenvalue weighted by atomic mass is 32.1. The number of likely N-dealkylation sites (tertiary alicyclic amines) is 1. The third-order valence-corrected chi connectivity index (χ3v) is 3.95. The van der Waals surface area contributed by atoms with E-state index in [0.717, 1.165) is 12.8 Å². The summed E-state index contributed by atoms with van der Waals surface area (Å²) in [5.74, 6) is -0.210. The van der Waals surface area contributed by atoms with E-state index in [1.165, 1.54) is 18.3 Å². The van der Waals surface area contributed by atoms with Gasteiger partial charge >= 0.3 is 0 Å². The first-order valence-corrected chi connectivity index (χ1v) is 6.72. The SMILES string of the molecule is CC(=O)Nc1ccc(C(=O)N2CCC[C@H]2CO)s1. The van der Waals surface area contributed by atoms with Crippen LogP contribution < -0.4 is 5.32 Å². The molecule has 1 saturated heterocycles. The number of carbonyl (C=O) groups excluding carboxylic acids is 2. The van der Waals surface area contributed by atoms with Gasteiger partial charge in [0.05, 0.1) is 22.5 Å². The van der Waals surface area contributed by atoms with Crippen molar-refractivity contribution >= 4 is 28.2 Å². The molecule has 0 aliphatic carbocycles. The van der Waals surface area contributed by atoms with Gasteiger partial charge in [-0.2, -0.15) is 0 Å². The van der Waals surface area contributed by atoms with E-state index in [1.54, 1.807) is 17.0 Å². The number of aliphatic hydroxyl groups is 1. The van der Waals surface area contributed by atoms with Crippen molar-refractivity contribution in [2.24, 2.45) is 0 Å². The Balaban J connectivity index is 2.09. The molecule has 5 nitrogen and oxygen atoms in total. The summed E-state index contributed by atoms with van der Waals surface area (Å²) in [5, 5.41) is 12.5. The zero-order valence-electron chi connectivity index (χ0n) is 10.2. The molecule has 1 fully saturated rings. The molecular weight excluding hydrogens is 252 g/mol. The minimum Gasteiger partial charge on any atom is -0.394 e. The molecule has 0 saturated carbocycles. The van der Waals surface area contributed by atoms with Crippen LogP contribution in [0.2, 0.25) is 0 Å². The number of anilines is 1. The second-order valence-electron chi connectivity index (χ2n) is 4.32. The van der Waals surface area contributed by atoms with Gasteiger partial charge in [0.2, 0.25) is 5.91 Å². The molecule has 2 amide bonds. The monoisotopic (exact) mass is 268 g/mol. The van der Waals surface area contributed by atoms with Crippen LogP contribution in [0.15, 0.2) is 12.1 Å². The van der Waals surface area contributed by atoms with E-state index in [9.17, 15) is 14.7 Å². The fourth-order valence-electron chi connectivity index (χ4n) is 2.13. The first-order valence-electron chi connectivity index (χ1n) is 5.91. The van der Waals surface area contributed by atoms with Crippen molar-refractivity contribution in [1.29, 1.82) is 0 Å². The lowest BCUT2D eigenvalue weighted by Gasteiger charge is -2.22. The number of rotatable bonds is 3. The number of thiophene rings is 1. The lowest BCUT2D eigenvalue weighted by Crippen LogP contribution is -2.37. The Morgan fingerprint density at radius 2 is 2.33 bits per heavy atom. The minimum atomic E-state index is -0.148. The molecule has 2 N–H and O–H groups in total. The van der Waals surface area contributed by atoms with Crippen molar-refractivity contribution in [3.05, 3.63) is 17.0 Å². The summed E-state index contributed by atoms with van der Waals surface area (Å²) < 4.78 is 0. The largest absolute Gasteiger partial charge is 0.394 e. The van der Waals surface area contributed by atoms with Crippen molar-refractivity contribution in [3.8, 4) is 0 Å². The van der Waals surface area contributed by atoms with Gasteiger partial charge in [-0.15, -0.1) is 11.3 Å². The molecule has 98 valence electrons. The third-order valence-electron chi connectivity index (χ3n) is 2.96. The fourth-order valence-corrected chi connectivity index (χ4v) is 3.04. The van der Waals surface area contributed by atoms with Crippen LogP contribution in [0.4, 0.5) is 5.00 Å². The number of nitrogens with zero attached hydrogens (tertiary/aromatic N) is 1. The van der Waals surface area contributed by atoms with Crippen LogP contribution in [-0.2, 0) is 4.79 Å². The quantitative estimate of drug-likeness (QED) is 0.868. The van der Waals surface area contributed by atoms with Crippen LogP contribution in [0.25, 0.3) is 0 Å². The molecule has 1 atom stereocenters. The highest BCUT2D eigenvalue weighted by Gasteiger charge is 2.29. The van der Waals surface area contributed by atoms with Gasteiger partial charge in [0.25, 0.3) is 5.91 Å². The van der Waals surface area contributed by atoms with Crippen molar-refractivity contribution < 1.29 is 14.7 Å². The Morgan fingerprint density at radius 3 is 3.00 bits per heavy atom. The average molecular weight is 268 g/mol. The van der Waals surface area contributed by atoms with E-state index < -0.39 is 0 Å². The summed E-state index contributed by atoms with van der Waals surface area (Å²) in [4.78, 5) is 25.4. The standard InChI is InChI=1S/C12H16N2O3S/c1-8(16)13-11-5-4-10(18-11)12(17)14-6-2-3-9(14)7-15/h4-5,9,15H,2-3,6-7H2,1H3,(H,13,16)/t9-/m0/s1. The molecule has 1 aromatic rings. The number of nitrogens with one attached hydrogen (secondary N) is 1. The normalized spacial score (nSPS) is 19.0. The number of carbonyl (C=O) groups is 2. The number of hydrogen-bond acceptors (Lipinski definition) is 4. The van der Waals surface area contributed by atoms with Gasteiger partial charge in [-0.1, -0.05) is 0 Å². The van der Waals surface area contributed by atoms with Gasteiger partial charge in [-0.05, 0) is 25.0 Å². The Bertz CT molecular complexity index is 458. The van der Waals surface area contributed by atoms with Crippen LogP contribution >= 0.6 is 11.3 Å². The lowest BCUT2D eigenvalue weighted by molar-refractivity contribution is -0.114. The molecule has 0 unspecified atom stereocenters. The maximum Gasteiger partial charge on any atom is 0.264 e. The zero-order chi connectivity index (χ0) is 13.1. The Kier molecular flexibility index (Phi) is 3.98. The maximum atomic E-state index is 12.2. The smallest absolute Gasteiger partial charge is 0.264 e. The molecule has 1 aliphatic heterocycles. The fraction of sp³-hybridized carbons (Fsp3) is 0.500. The molecule has 2 heterocycles. The molecule has 6 heteroatoms. The van der Waals surface area contributed by atoms with Gasteiger partial charge in [-0.3, -0.25) is 9.59 Å². The molecular formula is C12H16N2O3S. The first-order chi connectivity index (χ1) is 8.61. The minimum absolute atomic E-state index is 0.00959. The molecule has 1 aliphatic rings. The van der Waals surface area contributed by atoms with Crippen molar-refractivity contribution in [2.75, 3.05) is 18.5 Å². The van der Waals surface area contributed by atoms with Crippen LogP contribution in [0.1, 0.15) is 29.4 Å². The Labute approximate surface area is 109 Å². The third kappa shape index (κ3) is 2.70. The molecule has 0 radical (unpaired) electrons. The molecule has 0 spiro atoms. The average Bonchev–Trinajstić information content (AvgIpc) is 2.95. The second kappa shape index (κ2) is 5.49. The van der Waals surface area contributed by atoms with E-state index >= 15 is 0 Å². The van der Waals surface area contributed by atoms with Gasteiger partial charge < -0.3 is 15.3 Å². The number of aliphatic hydroxyl groups excluding tert-OH is 1. The van der Waals surface area contributed by atoms with E-state index in [2.05, 4.69) is 5.32 Å². The molecule has 0 bridgehead atoms. The van der Waals surface area contributed by atoms with Gasteiger partial charge in [0, 0.05) is 13.5 Å². The van der Waals surface area contributed by atoms with Crippen LogP contribution in [0, 0.1) is 0 Å². The van der Waals surface area contributed by atoms with Crippen molar-refractivity contribution in [1.82, 2.24) is 4.90 Å². The molecule has 1 aromatic heterocycles. The summed E-state index contributed by atoms with van der Waals surface area (Å²) >= 11 is 1.26. The molecule has 2 rings (SSSR count). The summed E-state index contributed by atoms with van der Waals surface area (Å²) in [6.45, 7) is 2.14.